The van der Waals surface area contributed by atoms with Gasteiger partial charge in [-0.3, -0.25) is 0 Å². The Labute approximate surface area is 85.1 Å². The molecule has 0 unspecified atom stereocenters. The first-order chi connectivity index (χ1) is 6.74. The Kier molecular flexibility index (Phi) is 3.87. The van der Waals surface area contributed by atoms with E-state index in [9.17, 15) is 0 Å². The van der Waals surface area contributed by atoms with Gasteiger partial charge in [-0.15, -0.1) is 12.3 Å². The first-order valence-corrected chi connectivity index (χ1v) is 4.66. The number of rotatable bonds is 4. The number of hydrogen-bond acceptors (Lipinski definition) is 2. The summed E-state index contributed by atoms with van der Waals surface area (Å²) in [6.07, 6.45) is 6.74. The number of benzene rings is 1. The van der Waals surface area contributed by atoms with Gasteiger partial charge in [0.2, 0.25) is 0 Å². The van der Waals surface area contributed by atoms with Gasteiger partial charge in [0.15, 0.2) is 0 Å². The summed E-state index contributed by atoms with van der Waals surface area (Å²) in [5.74, 6) is 3.32. The SMILES string of the molecule is C#CCCCOc1cc(C)ccc1N. The Morgan fingerprint density at radius 1 is 1.50 bits per heavy atom. The fourth-order valence-corrected chi connectivity index (χ4v) is 1.12. The molecule has 0 radical (unpaired) electrons. The Balaban J connectivity index is 2.50. The minimum atomic E-state index is 0.623. The van der Waals surface area contributed by atoms with Crippen molar-refractivity contribution in [2.45, 2.75) is 19.8 Å². The summed E-state index contributed by atoms with van der Waals surface area (Å²) in [7, 11) is 0. The Morgan fingerprint density at radius 2 is 2.29 bits per heavy atom. The second-order valence-corrected chi connectivity index (χ2v) is 3.20. The molecular weight excluding hydrogens is 174 g/mol. The van der Waals surface area contributed by atoms with E-state index in [-0.39, 0.29) is 0 Å². The van der Waals surface area contributed by atoms with Gasteiger partial charge in [-0.1, -0.05) is 6.07 Å². The normalized spacial score (nSPS) is 9.43. The van der Waals surface area contributed by atoms with Crippen LogP contribution in [0.2, 0.25) is 0 Å². The van der Waals surface area contributed by atoms with Crippen LogP contribution in [0.1, 0.15) is 18.4 Å². The predicted octanol–water partition coefficient (Wildman–Crippen LogP) is 2.37. The molecule has 0 aromatic heterocycles. The first-order valence-electron chi connectivity index (χ1n) is 4.66. The third-order valence-corrected chi connectivity index (χ3v) is 1.89. The number of ether oxygens (including phenoxy) is 1. The zero-order valence-corrected chi connectivity index (χ0v) is 8.42. The highest BCUT2D eigenvalue weighted by atomic mass is 16.5. The van der Waals surface area contributed by atoms with Crippen LogP contribution in [0.5, 0.6) is 5.75 Å². The quantitative estimate of drug-likeness (QED) is 0.448. The average Bonchev–Trinajstić information content (AvgIpc) is 2.18. The van der Waals surface area contributed by atoms with Crippen molar-refractivity contribution in [1.82, 2.24) is 0 Å². The van der Waals surface area contributed by atoms with Gasteiger partial charge in [-0.05, 0) is 31.0 Å². The van der Waals surface area contributed by atoms with Crippen molar-refractivity contribution in [2.24, 2.45) is 0 Å². The van der Waals surface area contributed by atoms with Gasteiger partial charge < -0.3 is 10.5 Å². The van der Waals surface area contributed by atoms with Crippen LogP contribution in [-0.4, -0.2) is 6.61 Å². The van der Waals surface area contributed by atoms with E-state index in [1.165, 1.54) is 0 Å². The van der Waals surface area contributed by atoms with Gasteiger partial charge in [0, 0.05) is 6.42 Å². The van der Waals surface area contributed by atoms with Crippen molar-refractivity contribution < 1.29 is 4.74 Å². The van der Waals surface area contributed by atoms with E-state index in [1.807, 2.05) is 25.1 Å². The van der Waals surface area contributed by atoms with E-state index < -0.39 is 0 Å². The molecule has 2 heteroatoms. The van der Waals surface area contributed by atoms with Crippen LogP contribution in [0.4, 0.5) is 5.69 Å². The van der Waals surface area contributed by atoms with Crippen LogP contribution >= 0.6 is 0 Å². The molecule has 0 fully saturated rings. The van der Waals surface area contributed by atoms with Crippen molar-refractivity contribution in [3.05, 3.63) is 23.8 Å². The molecule has 0 atom stereocenters. The third kappa shape index (κ3) is 3.02. The van der Waals surface area contributed by atoms with Gasteiger partial charge >= 0.3 is 0 Å². The zero-order chi connectivity index (χ0) is 10.4. The maximum Gasteiger partial charge on any atom is 0.142 e. The minimum Gasteiger partial charge on any atom is -0.491 e. The lowest BCUT2D eigenvalue weighted by Gasteiger charge is -2.08. The summed E-state index contributed by atoms with van der Waals surface area (Å²) < 4.78 is 5.50. The molecule has 14 heavy (non-hydrogen) atoms. The lowest BCUT2D eigenvalue weighted by molar-refractivity contribution is 0.314. The fourth-order valence-electron chi connectivity index (χ4n) is 1.12. The molecule has 1 rings (SSSR count). The highest BCUT2D eigenvalue weighted by molar-refractivity contribution is 5.53. The van der Waals surface area contributed by atoms with Crippen molar-refractivity contribution in [2.75, 3.05) is 12.3 Å². The standard InChI is InChI=1S/C12H15NO/c1-3-4-5-8-14-12-9-10(2)6-7-11(12)13/h1,6-7,9H,4-5,8,13H2,2H3. The van der Waals surface area contributed by atoms with Crippen LogP contribution in [0, 0.1) is 19.3 Å². The topological polar surface area (TPSA) is 35.2 Å². The lowest BCUT2D eigenvalue weighted by Crippen LogP contribution is -2.00. The number of anilines is 1. The van der Waals surface area contributed by atoms with Crippen molar-refractivity contribution >= 4 is 5.69 Å². The van der Waals surface area contributed by atoms with Gasteiger partial charge in [0.1, 0.15) is 5.75 Å². The molecule has 2 N–H and O–H groups in total. The molecule has 1 aromatic rings. The maximum atomic E-state index is 5.74. The number of nitrogen functional groups attached to an aromatic ring is 1. The van der Waals surface area contributed by atoms with E-state index in [1.54, 1.807) is 0 Å². The highest BCUT2D eigenvalue weighted by Crippen LogP contribution is 2.22. The molecule has 0 amide bonds. The average molecular weight is 189 g/mol. The molecule has 0 saturated heterocycles. The van der Waals surface area contributed by atoms with E-state index in [2.05, 4.69) is 5.92 Å². The lowest BCUT2D eigenvalue weighted by atomic mass is 10.2. The summed E-state index contributed by atoms with van der Waals surface area (Å²) in [4.78, 5) is 0. The summed E-state index contributed by atoms with van der Waals surface area (Å²) in [5, 5.41) is 0. The van der Waals surface area contributed by atoms with Gasteiger partial charge in [-0.25, -0.2) is 0 Å². The van der Waals surface area contributed by atoms with Crippen LogP contribution in [-0.2, 0) is 0 Å². The molecule has 0 saturated carbocycles. The number of hydrogen-bond donors (Lipinski definition) is 1. The van der Waals surface area contributed by atoms with Crippen molar-refractivity contribution in [3.63, 3.8) is 0 Å². The second kappa shape index (κ2) is 5.18. The molecule has 1 aromatic carbocycles. The summed E-state index contributed by atoms with van der Waals surface area (Å²) >= 11 is 0. The Hall–Kier alpha value is -1.62. The van der Waals surface area contributed by atoms with Crippen LogP contribution in [0.25, 0.3) is 0 Å². The van der Waals surface area contributed by atoms with Crippen LogP contribution in [0.15, 0.2) is 18.2 Å². The molecule has 0 heterocycles. The molecule has 0 bridgehead atoms. The molecule has 0 aliphatic heterocycles. The largest absolute Gasteiger partial charge is 0.491 e. The molecular formula is C12H15NO. The number of aryl methyl sites for hydroxylation is 1. The molecule has 2 nitrogen and oxygen atoms in total. The fraction of sp³-hybridized carbons (Fsp3) is 0.333. The second-order valence-electron chi connectivity index (χ2n) is 3.20. The predicted molar refractivity (Wildman–Crippen MR) is 59.2 cm³/mol. The van der Waals surface area contributed by atoms with E-state index in [0.717, 1.165) is 24.2 Å². The monoisotopic (exact) mass is 189 g/mol. The van der Waals surface area contributed by atoms with Crippen molar-refractivity contribution in [1.29, 1.82) is 0 Å². The van der Waals surface area contributed by atoms with E-state index in [0.29, 0.717) is 12.3 Å². The Bertz CT molecular complexity index is 339. The summed E-state index contributed by atoms with van der Waals surface area (Å²) in [5.41, 5.74) is 7.56. The summed E-state index contributed by atoms with van der Waals surface area (Å²) in [6.45, 7) is 2.63. The molecule has 0 spiro atoms. The molecule has 0 aliphatic carbocycles. The van der Waals surface area contributed by atoms with Crippen LogP contribution < -0.4 is 10.5 Å². The Morgan fingerprint density at radius 3 is 3.00 bits per heavy atom. The maximum absolute atomic E-state index is 5.74. The number of terminal acetylenes is 1. The minimum absolute atomic E-state index is 0.623. The smallest absolute Gasteiger partial charge is 0.142 e. The van der Waals surface area contributed by atoms with Crippen molar-refractivity contribution in [3.8, 4) is 18.1 Å². The molecule has 74 valence electrons. The van der Waals surface area contributed by atoms with Gasteiger partial charge in [0.05, 0.1) is 12.3 Å². The van der Waals surface area contributed by atoms with Crippen LogP contribution in [0.3, 0.4) is 0 Å². The van der Waals surface area contributed by atoms with Gasteiger partial charge in [0.25, 0.3) is 0 Å². The zero-order valence-electron chi connectivity index (χ0n) is 8.42. The highest BCUT2D eigenvalue weighted by Gasteiger charge is 1.99. The van der Waals surface area contributed by atoms with Gasteiger partial charge in [-0.2, -0.15) is 0 Å². The molecule has 0 aliphatic rings. The van der Waals surface area contributed by atoms with E-state index >= 15 is 0 Å². The summed E-state index contributed by atoms with van der Waals surface area (Å²) in [6, 6.07) is 5.75. The number of nitrogens with two attached hydrogens (primary N) is 1. The third-order valence-electron chi connectivity index (χ3n) is 1.89. The number of unbranched alkanes of at least 4 members (excludes halogenated alkanes) is 1. The van der Waals surface area contributed by atoms with E-state index in [4.69, 9.17) is 16.9 Å². The first kappa shape index (κ1) is 10.5.